The maximum absolute atomic E-state index is 13.1. The molecule has 0 spiro atoms. The van der Waals surface area contributed by atoms with E-state index in [2.05, 4.69) is 5.10 Å². The average molecular weight is 456 g/mol. The smallest absolute Gasteiger partial charge is 0.303 e. The summed E-state index contributed by atoms with van der Waals surface area (Å²) in [6, 6.07) is 10.5. The SMILES string of the molecule is COc1ccc(C2=NN(C(=O)CCCC(=O)O)[C@H](c3cccc(OC)c3OC)C2)cc1OC. The van der Waals surface area contributed by atoms with E-state index in [9.17, 15) is 9.59 Å². The molecular weight excluding hydrogens is 428 g/mol. The summed E-state index contributed by atoms with van der Waals surface area (Å²) in [7, 11) is 6.22. The van der Waals surface area contributed by atoms with Crippen LogP contribution in [0.15, 0.2) is 41.5 Å². The zero-order valence-electron chi connectivity index (χ0n) is 19.2. The minimum absolute atomic E-state index is 0.0673. The fourth-order valence-electron chi connectivity index (χ4n) is 3.85. The summed E-state index contributed by atoms with van der Waals surface area (Å²) >= 11 is 0. The van der Waals surface area contributed by atoms with Crippen LogP contribution in [0.1, 0.15) is 42.9 Å². The van der Waals surface area contributed by atoms with Gasteiger partial charge in [0.25, 0.3) is 0 Å². The number of para-hydroxylation sites is 1. The van der Waals surface area contributed by atoms with Crippen LogP contribution in [0.2, 0.25) is 0 Å². The average Bonchev–Trinajstić information content (AvgIpc) is 3.28. The normalized spacial score (nSPS) is 15.1. The van der Waals surface area contributed by atoms with E-state index >= 15 is 0 Å². The van der Waals surface area contributed by atoms with Gasteiger partial charge in [-0.3, -0.25) is 9.59 Å². The number of hydrogen-bond donors (Lipinski definition) is 1. The van der Waals surface area contributed by atoms with Crippen molar-refractivity contribution in [2.75, 3.05) is 28.4 Å². The second kappa shape index (κ2) is 10.7. The molecule has 3 rings (SSSR count). The van der Waals surface area contributed by atoms with Gasteiger partial charge >= 0.3 is 5.97 Å². The Morgan fingerprint density at radius 2 is 1.70 bits per heavy atom. The van der Waals surface area contributed by atoms with Crippen molar-refractivity contribution in [1.82, 2.24) is 5.01 Å². The summed E-state index contributed by atoms with van der Waals surface area (Å²) < 4.78 is 21.8. The summed E-state index contributed by atoms with van der Waals surface area (Å²) in [6.45, 7) is 0. The molecule has 0 aliphatic carbocycles. The van der Waals surface area contributed by atoms with Gasteiger partial charge in [0.2, 0.25) is 5.91 Å². The van der Waals surface area contributed by atoms with Gasteiger partial charge in [-0.2, -0.15) is 5.10 Å². The third-order valence-corrected chi connectivity index (χ3v) is 5.46. The third kappa shape index (κ3) is 5.19. The summed E-state index contributed by atoms with van der Waals surface area (Å²) in [5, 5.41) is 15.0. The highest BCUT2D eigenvalue weighted by atomic mass is 16.5. The zero-order chi connectivity index (χ0) is 24.0. The van der Waals surface area contributed by atoms with Gasteiger partial charge in [0, 0.05) is 30.4 Å². The molecule has 1 aliphatic heterocycles. The van der Waals surface area contributed by atoms with E-state index < -0.39 is 12.0 Å². The van der Waals surface area contributed by atoms with E-state index in [1.807, 2.05) is 24.3 Å². The van der Waals surface area contributed by atoms with Crippen LogP contribution in [0.5, 0.6) is 23.0 Å². The summed E-state index contributed by atoms with van der Waals surface area (Å²) in [5.41, 5.74) is 2.24. The van der Waals surface area contributed by atoms with Crippen LogP contribution < -0.4 is 18.9 Å². The quantitative estimate of drug-likeness (QED) is 0.581. The molecule has 0 bridgehead atoms. The first-order valence-corrected chi connectivity index (χ1v) is 10.5. The molecule has 0 fully saturated rings. The Kier molecular flexibility index (Phi) is 7.76. The largest absolute Gasteiger partial charge is 0.493 e. The number of carbonyl (C=O) groups excluding carboxylic acids is 1. The fourth-order valence-corrected chi connectivity index (χ4v) is 3.85. The summed E-state index contributed by atoms with van der Waals surface area (Å²) in [5.74, 6) is 1.02. The van der Waals surface area contributed by atoms with Crippen LogP contribution in [-0.2, 0) is 9.59 Å². The second-order valence-corrected chi connectivity index (χ2v) is 7.40. The lowest BCUT2D eigenvalue weighted by Gasteiger charge is -2.24. The molecule has 176 valence electrons. The topological polar surface area (TPSA) is 107 Å². The molecule has 9 nitrogen and oxygen atoms in total. The maximum atomic E-state index is 13.1. The van der Waals surface area contributed by atoms with E-state index in [1.165, 1.54) is 5.01 Å². The molecule has 1 aliphatic rings. The first-order chi connectivity index (χ1) is 15.9. The molecule has 0 saturated carbocycles. The van der Waals surface area contributed by atoms with Gasteiger partial charge in [-0.05, 0) is 30.7 Å². The van der Waals surface area contributed by atoms with Gasteiger partial charge < -0.3 is 24.1 Å². The van der Waals surface area contributed by atoms with Gasteiger partial charge in [0.15, 0.2) is 23.0 Å². The predicted molar refractivity (Wildman–Crippen MR) is 121 cm³/mol. The highest BCUT2D eigenvalue weighted by Gasteiger charge is 2.35. The summed E-state index contributed by atoms with van der Waals surface area (Å²) in [6.07, 6.45) is 0.647. The van der Waals surface area contributed by atoms with Gasteiger partial charge in [-0.1, -0.05) is 12.1 Å². The van der Waals surface area contributed by atoms with Crippen LogP contribution >= 0.6 is 0 Å². The van der Waals surface area contributed by atoms with Crippen LogP contribution in [-0.4, -0.2) is 56.1 Å². The number of benzene rings is 2. The van der Waals surface area contributed by atoms with Gasteiger partial charge in [-0.15, -0.1) is 0 Å². The van der Waals surface area contributed by atoms with Crippen molar-refractivity contribution in [3.63, 3.8) is 0 Å². The molecule has 9 heteroatoms. The molecule has 1 atom stereocenters. The minimum atomic E-state index is -0.940. The number of carboxylic acids is 1. The Balaban J connectivity index is 1.99. The van der Waals surface area contributed by atoms with E-state index in [1.54, 1.807) is 40.6 Å². The van der Waals surface area contributed by atoms with Crippen molar-refractivity contribution >= 4 is 17.6 Å². The molecule has 33 heavy (non-hydrogen) atoms. The van der Waals surface area contributed by atoms with Crippen molar-refractivity contribution in [2.24, 2.45) is 5.10 Å². The van der Waals surface area contributed by atoms with Crippen LogP contribution in [0, 0.1) is 0 Å². The van der Waals surface area contributed by atoms with E-state index in [0.29, 0.717) is 35.1 Å². The standard InChI is InChI=1S/C24H28N2O7/c1-30-19-12-11-15(13-21(19)32-3)17-14-18(16-7-5-8-20(31-2)24(16)33-4)26(25-17)22(27)9-6-10-23(28)29/h5,7-8,11-13,18H,6,9-10,14H2,1-4H3,(H,28,29)/t18-/m0/s1. The van der Waals surface area contributed by atoms with Crippen molar-refractivity contribution < 1.29 is 33.6 Å². The molecule has 0 unspecified atom stereocenters. The number of rotatable bonds is 10. The molecule has 0 aromatic heterocycles. The highest BCUT2D eigenvalue weighted by Crippen LogP contribution is 2.42. The fraction of sp³-hybridized carbons (Fsp3) is 0.375. The van der Waals surface area contributed by atoms with Crippen LogP contribution in [0.4, 0.5) is 0 Å². The number of aliphatic carboxylic acids is 1. The molecule has 2 aromatic carbocycles. The number of carboxylic acid groups (broad SMARTS) is 1. The van der Waals surface area contributed by atoms with Gasteiger partial charge in [0.1, 0.15) is 0 Å². The Morgan fingerprint density at radius 3 is 2.33 bits per heavy atom. The number of methoxy groups -OCH3 is 4. The van der Waals surface area contributed by atoms with Crippen LogP contribution in [0.3, 0.4) is 0 Å². The van der Waals surface area contributed by atoms with Crippen molar-refractivity contribution in [3.8, 4) is 23.0 Å². The lowest BCUT2D eigenvalue weighted by atomic mass is 9.97. The Hall–Kier alpha value is -3.75. The molecule has 2 aromatic rings. The Labute approximate surface area is 192 Å². The molecule has 1 heterocycles. The van der Waals surface area contributed by atoms with Crippen LogP contribution in [0.25, 0.3) is 0 Å². The third-order valence-electron chi connectivity index (χ3n) is 5.46. The predicted octanol–water partition coefficient (Wildman–Crippen LogP) is 3.65. The maximum Gasteiger partial charge on any atom is 0.303 e. The highest BCUT2D eigenvalue weighted by molar-refractivity contribution is 6.03. The van der Waals surface area contributed by atoms with Crippen molar-refractivity contribution in [3.05, 3.63) is 47.5 Å². The molecule has 1 N–H and O–H groups in total. The number of hydrazone groups is 1. The van der Waals surface area contributed by atoms with Crippen molar-refractivity contribution in [2.45, 2.75) is 31.7 Å². The number of carbonyl (C=O) groups is 2. The molecule has 1 amide bonds. The first kappa shape index (κ1) is 23.9. The van der Waals surface area contributed by atoms with Gasteiger partial charge in [0.05, 0.1) is 40.2 Å². The Bertz CT molecular complexity index is 1050. The number of nitrogens with zero attached hydrogens (tertiary/aromatic N) is 2. The van der Waals surface area contributed by atoms with E-state index in [4.69, 9.17) is 24.1 Å². The molecule has 0 radical (unpaired) electrons. The molecule has 0 saturated heterocycles. The Morgan fingerprint density at radius 1 is 0.970 bits per heavy atom. The number of ether oxygens (including phenoxy) is 4. The monoisotopic (exact) mass is 456 g/mol. The molecular formula is C24H28N2O7. The second-order valence-electron chi connectivity index (χ2n) is 7.40. The number of hydrogen-bond acceptors (Lipinski definition) is 7. The number of amides is 1. The van der Waals surface area contributed by atoms with Gasteiger partial charge in [-0.25, -0.2) is 5.01 Å². The van der Waals surface area contributed by atoms with E-state index in [-0.39, 0.29) is 25.2 Å². The van der Waals surface area contributed by atoms with Crippen molar-refractivity contribution in [1.29, 1.82) is 0 Å². The first-order valence-electron chi connectivity index (χ1n) is 10.5. The lowest BCUT2D eigenvalue weighted by Crippen LogP contribution is -2.27. The van der Waals surface area contributed by atoms with E-state index in [0.717, 1.165) is 11.1 Å². The summed E-state index contributed by atoms with van der Waals surface area (Å²) in [4.78, 5) is 24.0. The minimum Gasteiger partial charge on any atom is -0.493 e. The lowest BCUT2D eigenvalue weighted by molar-refractivity contribution is -0.137. The zero-order valence-corrected chi connectivity index (χ0v) is 19.2.